The molecule has 0 unspecified atom stereocenters. The normalized spacial score (nSPS) is 12.4. The number of nitrogens with one attached hydrogen (secondary N) is 2. The lowest BCUT2D eigenvalue weighted by Crippen LogP contribution is -2.16. The molecule has 0 aliphatic carbocycles. The lowest BCUT2D eigenvalue weighted by molar-refractivity contribution is 0.485. The number of hydrogen-bond donors (Lipinski definition) is 3. The SMILES string of the molecule is Cc1ccc2[nH]c3c(S(=O)(=O)O)c4c(=O)c5ccccc5[nH]c4c(C)c3c(=O)c2c1. The average Bonchev–Trinajstić information content (AvgIpc) is 2.69. The average molecular weight is 420 g/mol. The van der Waals surface area contributed by atoms with Crippen molar-refractivity contribution in [2.75, 3.05) is 0 Å². The van der Waals surface area contributed by atoms with Crippen LogP contribution in [0.15, 0.2) is 56.9 Å². The molecule has 3 aromatic carbocycles. The lowest BCUT2D eigenvalue weighted by atomic mass is 10.00. The smallest absolute Gasteiger partial charge is 0.297 e. The molecule has 0 fully saturated rings. The van der Waals surface area contributed by atoms with Gasteiger partial charge in [-0.1, -0.05) is 23.8 Å². The molecule has 7 nitrogen and oxygen atoms in total. The minimum Gasteiger partial charge on any atom is -0.354 e. The molecule has 2 heterocycles. The summed E-state index contributed by atoms with van der Waals surface area (Å²) in [6.07, 6.45) is 0. The highest BCUT2D eigenvalue weighted by atomic mass is 32.2. The molecule has 5 aromatic rings. The predicted octanol–water partition coefficient (Wildman–Crippen LogP) is 3.54. The summed E-state index contributed by atoms with van der Waals surface area (Å²) in [6, 6.07) is 11.9. The highest BCUT2D eigenvalue weighted by molar-refractivity contribution is 7.86. The molecule has 5 rings (SSSR count). The number of aromatic nitrogens is 2. The fourth-order valence-electron chi connectivity index (χ4n) is 4.17. The van der Waals surface area contributed by atoms with Gasteiger partial charge in [0.25, 0.3) is 10.1 Å². The van der Waals surface area contributed by atoms with E-state index in [-0.39, 0.29) is 32.6 Å². The molecule has 0 radical (unpaired) electrons. The Morgan fingerprint density at radius 3 is 2.17 bits per heavy atom. The van der Waals surface area contributed by atoms with Crippen molar-refractivity contribution in [1.82, 2.24) is 9.97 Å². The molecule has 2 aromatic heterocycles. The van der Waals surface area contributed by atoms with Crippen LogP contribution in [0, 0.1) is 13.8 Å². The Balaban J connectivity index is 2.22. The second-order valence-electron chi connectivity index (χ2n) is 7.43. The zero-order chi connectivity index (χ0) is 21.4. The Hall–Kier alpha value is -3.49. The molecule has 0 aliphatic rings. The summed E-state index contributed by atoms with van der Waals surface area (Å²) in [5, 5.41) is 0.615. The van der Waals surface area contributed by atoms with Crippen LogP contribution in [0.4, 0.5) is 0 Å². The van der Waals surface area contributed by atoms with Gasteiger partial charge in [-0.3, -0.25) is 14.1 Å². The fourth-order valence-corrected chi connectivity index (χ4v) is 5.03. The van der Waals surface area contributed by atoms with E-state index in [0.717, 1.165) is 5.56 Å². The molecule has 0 aliphatic heterocycles. The first kappa shape index (κ1) is 18.5. The first-order chi connectivity index (χ1) is 14.2. The standard InChI is InChI=1S/C22H16N2O5S/c1-10-7-8-15-13(9-10)21(26)16-11(2)18-17(22(19(16)24-15)30(27,28)29)20(25)12-5-3-4-6-14(12)23-18/h3-9H,1-2H3,(H,23,25)(H,24,26)(H,27,28,29). The van der Waals surface area contributed by atoms with E-state index in [1.165, 1.54) is 0 Å². The first-order valence-electron chi connectivity index (χ1n) is 9.19. The van der Waals surface area contributed by atoms with Gasteiger partial charge in [0.2, 0.25) is 0 Å². The summed E-state index contributed by atoms with van der Waals surface area (Å²) in [7, 11) is -4.85. The zero-order valence-corrected chi connectivity index (χ0v) is 16.8. The maximum atomic E-state index is 13.3. The van der Waals surface area contributed by atoms with Crippen LogP contribution in [0.25, 0.3) is 43.6 Å². The Labute approximate surface area is 169 Å². The minimum atomic E-state index is -4.85. The van der Waals surface area contributed by atoms with Crippen molar-refractivity contribution in [3.8, 4) is 0 Å². The van der Waals surface area contributed by atoms with E-state index in [1.54, 1.807) is 49.4 Å². The summed E-state index contributed by atoms with van der Waals surface area (Å²) in [4.78, 5) is 32.1. The van der Waals surface area contributed by atoms with Crippen molar-refractivity contribution in [1.29, 1.82) is 0 Å². The zero-order valence-electron chi connectivity index (χ0n) is 16.0. The quantitative estimate of drug-likeness (QED) is 0.283. The molecule has 150 valence electrons. The second-order valence-corrected chi connectivity index (χ2v) is 8.79. The molecule has 0 saturated carbocycles. The van der Waals surface area contributed by atoms with Gasteiger partial charge in [-0.15, -0.1) is 0 Å². The number of aromatic amines is 2. The number of hydrogen-bond acceptors (Lipinski definition) is 4. The van der Waals surface area contributed by atoms with Crippen LogP contribution in [-0.2, 0) is 10.1 Å². The Kier molecular flexibility index (Phi) is 3.71. The van der Waals surface area contributed by atoms with Crippen molar-refractivity contribution < 1.29 is 13.0 Å². The van der Waals surface area contributed by atoms with E-state index < -0.39 is 20.4 Å². The number of fused-ring (bicyclic) bond motifs is 4. The number of aryl methyl sites for hydroxylation is 2. The summed E-state index contributed by atoms with van der Waals surface area (Å²) < 4.78 is 35.0. The number of rotatable bonds is 1. The van der Waals surface area contributed by atoms with Crippen LogP contribution in [0.5, 0.6) is 0 Å². The van der Waals surface area contributed by atoms with Gasteiger partial charge in [0.15, 0.2) is 10.9 Å². The molecule has 0 amide bonds. The van der Waals surface area contributed by atoms with Crippen molar-refractivity contribution in [3.05, 3.63) is 74.0 Å². The molecule has 8 heteroatoms. The highest BCUT2D eigenvalue weighted by Gasteiger charge is 2.26. The van der Waals surface area contributed by atoms with Crippen molar-refractivity contribution in [2.45, 2.75) is 18.7 Å². The minimum absolute atomic E-state index is 0.0790. The van der Waals surface area contributed by atoms with Crippen LogP contribution < -0.4 is 10.9 Å². The second kappa shape index (κ2) is 6.01. The third-order valence-electron chi connectivity index (χ3n) is 5.53. The molecule has 0 atom stereocenters. The molecule has 0 saturated heterocycles. The van der Waals surface area contributed by atoms with Gasteiger partial charge < -0.3 is 9.97 Å². The number of pyridine rings is 2. The lowest BCUT2D eigenvalue weighted by Gasteiger charge is -2.14. The van der Waals surface area contributed by atoms with Gasteiger partial charge in [0.05, 0.1) is 21.8 Å². The predicted molar refractivity (Wildman–Crippen MR) is 117 cm³/mol. The largest absolute Gasteiger partial charge is 0.354 e. The number of para-hydroxylation sites is 1. The van der Waals surface area contributed by atoms with E-state index in [4.69, 9.17) is 0 Å². The van der Waals surface area contributed by atoms with E-state index in [0.29, 0.717) is 22.0 Å². The van der Waals surface area contributed by atoms with Gasteiger partial charge in [-0.05, 0) is 43.7 Å². The Morgan fingerprint density at radius 2 is 1.43 bits per heavy atom. The van der Waals surface area contributed by atoms with Crippen molar-refractivity contribution in [2.24, 2.45) is 0 Å². The molecular weight excluding hydrogens is 404 g/mol. The van der Waals surface area contributed by atoms with E-state index in [9.17, 15) is 22.6 Å². The highest BCUT2D eigenvalue weighted by Crippen LogP contribution is 2.32. The molecule has 0 bridgehead atoms. The van der Waals surface area contributed by atoms with Crippen molar-refractivity contribution >= 4 is 53.7 Å². The molecule has 0 spiro atoms. The van der Waals surface area contributed by atoms with Gasteiger partial charge in [0, 0.05) is 21.8 Å². The van der Waals surface area contributed by atoms with Crippen LogP contribution in [0.3, 0.4) is 0 Å². The Morgan fingerprint density at radius 1 is 0.800 bits per heavy atom. The topological polar surface area (TPSA) is 120 Å². The molecule has 3 N–H and O–H groups in total. The van der Waals surface area contributed by atoms with E-state index >= 15 is 0 Å². The Bertz CT molecular complexity index is 1780. The molecule has 30 heavy (non-hydrogen) atoms. The summed E-state index contributed by atoms with van der Waals surface area (Å²) in [6.45, 7) is 3.50. The molecular formula is C22H16N2O5S. The van der Waals surface area contributed by atoms with Gasteiger partial charge in [0.1, 0.15) is 4.90 Å². The van der Waals surface area contributed by atoms with Crippen LogP contribution >= 0.6 is 0 Å². The fraction of sp³-hybridized carbons (Fsp3) is 0.0909. The van der Waals surface area contributed by atoms with Crippen LogP contribution in [0.2, 0.25) is 0 Å². The van der Waals surface area contributed by atoms with E-state index in [1.807, 2.05) is 6.92 Å². The third kappa shape index (κ3) is 2.44. The van der Waals surface area contributed by atoms with Gasteiger partial charge in [-0.2, -0.15) is 8.42 Å². The monoisotopic (exact) mass is 420 g/mol. The number of H-pyrrole nitrogens is 2. The summed E-state index contributed by atoms with van der Waals surface area (Å²) >= 11 is 0. The third-order valence-corrected chi connectivity index (χ3v) is 6.45. The van der Waals surface area contributed by atoms with Crippen molar-refractivity contribution in [3.63, 3.8) is 0 Å². The summed E-state index contributed by atoms with van der Waals surface area (Å²) in [5.74, 6) is 0. The van der Waals surface area contributed by atoms with Gasteiger partial charge in [-0.25, -0.2) is 0 Å². The van der Waals surface area contributed by atoms with Crippen LogP contribution in [-0.4, -0.2) is 22.9 Å². The summed E-state index contributed by atoms with van der Waals surface area (Å²) in [5.41, 5.74) is 1.44. The first-order valence-corrected chi connectivity index (χ1v) is 10.6. The maximum absolute atomic E-state index is 13.3. The number of benzene rings is 3. The van der Waals surface area contributed by atoms with Gasteiger partial charge >= 0.3 is 0 Å². The maximum Gasteiger partial charge on any atom is 0.297 e. The van der Waals surface area contributed by atoms with E-state index in [2.05, 4.69) is 9.97 Å². The van der Waals surface area contributed by atoms with Crippen LogP contribution in [0.1, 0.15) is 11.1 Å².